The predicted molar refractivity (Wildman–Crippen MR) is 77.4 cm³/mol. The summed E-state index contributed by atoms with van der Waals surface area (Å²) in [4.78, 5) is 16.4. The second-order valence-electron chi connectivity index (χ2n) is 5.00. The summed E-state index contributed by atoms with van der Waals surface area (Å²) in [6.45, 7) is 3.72. The molecule has 0 bridgehead atoms. The molecule has 102 valence electrons. The number of likely N-dealkylation sites (N-methyl/N-ethyl adjacent to an activating group) is 1. The molecule has 0 saturated carbocycles. The van der Waals surface area contributed by atoms with Gasteiger partial charge in [0, 0.05) is 43.5 Å². The predicted octanol–water partition coefficient (Wildman–Crippen LogP) is 1.82. The highest BCUT2D eigenvalue weighted by molar-refractivity contribution is 6.15. The Morgan fingerprint density at radius 1 is 1.20 bits per heavy atom. The van der Waals surface area contributed by atoms with Crippen molar-refractivity contribution in [1.82, 2.24) is 9.80 Å². The molecule has 0 N–H and O–H groups in total. The standard InChI is InChI=1S/C16H16N2O2/c1-17-8-10-18(11-9-17)7-6-15(19)14-12-20-16-5-3-2-4-13(14)16/h2-5,12H,8-11H2,1H3. The number of ketones is 1. The van der Waals surface area contributed by atoms with Crippen molar-refractivity contribution < 1.29 is 9.21 Å². The zero-order chi connectivity index (χ0) is 13.9. The smallest absolute Gasteiger partial charge is 0.241 e. The number of carbonyl (C=O) groups excluding carboxylic acids is 1. The van der Waals surface area contributed by atoms with Crippen LogP contribution in [0.1, 0.15) is 10.4 Å². The Morgan fingerprint density at radius 3 is 2.75 bits per heavy atom. The van der Waals surface area contributed by atoms with Gasteiger partial charge in [0.05, 0.1) is 5.56 Å². The Hall–Kier alpha value is -2.25. The molecule has 20 heavy (non-hydrogen) atoms. The van der Waals surface area contributed by atoms with Crippen molar-refractivity contribution in [2.45, 2.75) is 0 Å². The van der Waals surface area contributed by atoms with Crippen LogP contribution in [0.15, 0.2) is 34.9 Å². The molecule has 4 heteroatoms. The van der Waals surface area contributed by atoms with Gasteiger partial charge in [0.1, 0.15) is 11.8 Å². The summed E-state index contributed by atoms with van der Waals surface area (Å²) in [5.74, 6) is 2.53. The number of Topliss-reactive ketones (excluding diaryl/α,β-unsaturated/α-hetero) is 1. The lowest BCUT2D eigenvalue weighted by molar-refractivity contribution is 0.105. The number of fused-ring (bicyclic) bond motifs is 1. The lowest BCUT2D eigenvalue weighted by Crippen LogP contribution is -2.42. The molecule has 1 aromatic heterocycles. The van der Waals surface area contributed by atoms with E-state index in [1.165, 1.54) is 6.26 Å². The second kappa shape index (κ2) is 5.40. The zero-order valence-corrected chi connectivity index (χ0v) is 11.4. The molecule has 0 spiro atoms. The van der Waals surface area contributed by atoms with Gasteiger partial charge in [-0.05, 0) is 13.1 Å². The van der Waals surface area contributed by atoms with E-state index < -0.39 is 0 Å². The molecule has 1 aromatic carbocycles. The molecule has 0 atom stereocenters. The summed E-state index contributed by atoms with van der Waals surface area (Å²) in [6.07, 6.45) is 1.49. The number of nitrogens with zero attached hydrogens (tertiary/aromatic N) is 2. The van der Waals surface area contributed by atoms with Crippen molar-refractivity contribution in [3.8, 4) is 12.0 Å². The van der Waals surface area contributed by atoms with Crippen LogP contribution in [0.2, 0.25) is 0 Å². The molecule has 1 aliphatic rings. The van der Waals surface area contributed by atoms with E-state index in [0.717, 1.165) is 37.1 Å². The summed E-state index contributed by atoms with van der Waals surface area (Å²) < 4.78 is 5.37. The largest absolute Gasteiger partial charge is 0.464 e. The summed E-state index contributed by atoms with van der Waals surface area (Å²) in [6, 6.07) is 10.5. The number of para-hydroxylation sites is 1. The van der Waals surface area contributed by atoms with E-state index in [1.807, 2.05) is 29.2 Å². The number of carbonyl (C=O) groups is 1. The Morgan fingerprint density at radius 2 is 1.95 bits per heavy atom. The molecule has 1 fully saturated rings. The maximum Gasteiger partial charge on any atom is 0.241 e. The average molecular weight is 268 g/mol. The highest BCUT2D eigenvalue weighted by Gasteiger charge is 2.13. The number of hydrogen-bond acceptors (Lipinski definition) is 4. The molecule has 2 aromatic rings. The summed E-state index contributed by atoms with van der Waals surface area (Å²) in [5, 5.41) is 0.824. The lowest BCUT2D eigenvalue weighted by Gasteiger charge is -2.29. The van der Waals surface area contributed by atoms with Crippen LogP contribution in [0.5, 0.6) is 0 Å². The van der Waals surface area contributed by atoms with Gasteiger partial charge < -0.3 is 14.2 Å². The number of furan rings is 1. The fraction of sp³-hybridized carbons (Fsp3) is 0.312. The van der Waals surface area contributed by atoms with Gasteiger partial charge in [0.15, 0.2) is 0 Å². The van der Waals surface area contributed by atoms with E-state index in [1.54, 1.807) is 0 Å². The highest BCUT2D eigenvalue weighted by Crippen LogP contribution is 2.20. The third-order valence-corrected chi connectivity index (χ3v) is 3.56. The van der Waals surface area contributed by atoms with Gasteiger partial charge in [-0.15, -0.1) is 0 Å². The molecule has 0 aliphatic carbocycles. The molecular weight excluding hydrogens is 252 g/mol. The van der Waals surface area contributed by atoms with Crippen LogP contribution in [0.3, 0.4) is 0 Å². The first-order valence-electron chi connectivity index (χ1n) is 6.70. The molecule has 1 aliphatic heterocycles. The fourth-order valence-electron chi connectivity index (χ4n) is 2.27. The van der Waals surface area contributed by atoms with Crippen molar-refractivity contribution in [2.24, 2.45) is 0 Å². The first kappa shape index (κ1) is 12.8. The van der Waals surface area contributed by atoms with Gasteiger partial charge in [0.2, 0.25) is 5.78 Å². The normalized spacial score (nSPS) is 15.9. The van der Waals surface area contributed by atoms with Crippen molar-refractivity contribution in [1.29, 1.82) is 0 Å². The number of piperazine rings is 1. The Balaban J connectivity index is 1.77. The van der Waals surface area contributed by atoms with Crippen molar-refractivity contribution in [3.63, 3.8) is 0 Å². The quantitative estimate of drug-likeness (QED) is 0.584. The van der Waals surface area contributed by atoms with E-state index in [4.69, 9.17) is 4.42 Å². The Kier molecular flexibility index (Phi) is 3.44. The minimum absolute atomic E-state index is 0.186. The first-order chi connectivity index (χ1) is 9.74. The molecule has 1 saturated heterocycles. The topological polar surface area (TPSA) is 36.7 Å². The van der Waals surface area contributed by atoms with Gasteiger partial charge in [-0.3, -0.25) is 4.79 Å². The van der Waals surface area contributed by atoms with Crippen LogP contribution in [-0.4, -0.2) is 48.8 Å². The lowest BCUT2D eigenvalue weighted by atomic mass is 10.1. The number of hydrogen-bond donors (Lipinski definition) is 0. The number of rotatable bonds is 1. The molecule has 3 rings (SSSR count). The summed E-state index contributed by atoms with van der Waals surface area (Å²) >= 11 is 0. The maximum absolute atomic E-state index is 12.2. The van der Waals surface area contributed by atoms with Gasteiger partial charge in [-0.2, -0.15) is 0 Å². The minimum Gasteiger partial charge on any atom is -0.464 e. The molecular formula is C16H16N2O2. The van der Waals surface area contributed by atoms with Gasteiger partial charge in [-0.25, -0.2) is 0 Å². The van der Waals surface area contributed by atoms with Crippen molar-refractivity contribution in [3.05, 3.63) is 36.1 Å². The number of benzene rings is 1. The SMILES string of the molecule is CN1CCN(C#CC(=O)c2coc3ccccc23)CC1. The van der Waals surface area contributed by atoms with E-state index in [0.29, 0.717) is 5.56 Å². The van der Waals surface area contributed by atoms with E-state index in [2.05, 4.69) is 23.9 Å². The third-order valence-electron chi connectivity index (χ3n) is 3.56. The van der Waals surface area contributed by atoms with Crippen LogP contribution in [0.25, 0.3) is 11.0 Å². The summed E-state index contributed by atoms with van der Waals surface area (Å²) in [5.41, 5.74) is 1.26. The molecule has 2 heterocycles. The fourth-order valence-corrected chi connectivity index (χ4v) is 2.27. The zero-order valence-electron chi connectivity index (χ0n) is 11.4. The third kappa shape index (κ3) is 2.54. The second-order valence-corrected chi connectivity index (χ2v) is 5.00. The molecule has 0 unspecified atom stereocenters. The molecule has 0 radical (unpaired) electrons. The van der Waals surface area contributed by atoms with E-state index in [9.17, 15) is 4.79 Å². The van der Waals surface area contributed by atoms with Crippen LogP contribution in [-0.2, 0) is 0 Å². The van der Waals surface area contributed by atoms with Crippen LogP contribution >= 0.6 is 0 Å². The molecule has 0 amide bonds. The van der Waals surface area contributed by atoms with Gasteiger partial charge >= 0.3 is 0 Å². The van der Waals surface area contributed by atoms with E-state index >= 15 is 0 Å². The van der Waals surface area contributed by atoms with Crippen molar-refractivity contribution >= 4 is 16.8 Å². The monoisotopic (exact) mass is 268 g/mol. The Bertz CT molecular complexity index is 685. The molecule has 4 nitrogen and oxygen atoms in total. The van der Waals surface area contributed by atoms with Crippen molar-refractivity contribution in [2.75, 3.05) is 33.2 Å². The average Bonchev–Trinajstić information content (AvgIpc) is 2.90. The minimum atomic E-state index is -0.186. The van der Waals surface area contributed by atoms with Gasteiger partial charge in [-0.1, -0.05) is 18.2 Å². The van der Waals surface area contributed by atoms with Gasteiger partial charge in [0.25, 0.3) is 0 Å². The maximum atomic E-state index is 12.2. The van der Waals surface area contributed by atoms with Crippen LogP contribution < -0.4 is 0 Å². The van der Waals surface area contributed by atoms with Crippen LogP contribution in [0, 0.1) is 12.0 Å². The summed E-state index contributed by atoms with van der Waals surface area (Å²) in [7, 11) is 2.09. The highest BCUT2D eigenvalue weighted by atomic mass is 16.3. The first-order valence-corrected chi connectivity index (χ1v) is 6.70. The Labute approximate surface area is 118 Å². The van der Waals surface area contributed by atoms with E-state index in [-0.39, 0.29) is 5.78 Å². The van der Waals surface area contributed by atoms with Crippen LogP contribution in [0.4, 0.5) is 0 Å².